The van der Waals surface area contributed by atoms with Crippen LogP contribution < -0.4 is 5.32 Å². The van der Waals surface area contributed by atoms with Crippen LogP contribution in [0.5, 0.6) is 0 Å². The van der Waals surface area contributed by atoms with E-state index in [1.807, 2.05) is 61.0 Å². The number of benzene rings is 1. The van der Waals surface area contributed by atoms with E-state index in [0.29, 0.717) is 0 Å². The molecule has 0 radical (unpaired) electrons. The summed E-state index contributed by atoms with van der Waals surface area (Å²) in [7, 11) is 0. The summed E-state index contributed by atoms with van der Waals surface area (Å²) in [4.78, 5) is 21.0. The highest BCUT2D eigenvalue weighted by Gasteiger charge is 2.13. The van der Waals surface area contributed by atoms with E-state index in [1.165, 1.54) is 17.4 Å². The summed E-state index contributed by atoms with van der Waals surface area (Å²) in [5.74, 6) is -0.178. The Morgan fingerprint density at radius 3 is 2.83 bits per heavy atom. The molecule has 0 saturated carbocycles. The van der Waals surface area contributed by atoms with Gasteiger partial charge in [0, 0.05) is 41.2 Å². The van der Waals surface area contributed by atoms with Crippen LogP contribution in [0.15, 0.2) is 78.7 Å². The molecule has 0 bridgehead atoms. The molecule has 1 N–H and O–H groups in total. The Labute approximate surface area is 172 Å². The van der Waals surface area contributed by atoms with E-state index in [2.05, 4.69) is 20.4 Å². The molecular weight excluding hydrogens is 382 g/mol. The Bertz CT molecular complexity index is 1120. The van der Waals surface area contributed by atoms with E-state index in [0.717, 1.165) is 27.5 Å². The van der Waals surface area contributed by atoms with Gasteiger partial charge in [-0.2, -0.15) is 5.10 Å². The van der Waals surface area contributed by atoms with E-state index in [9.17, 15) is 4.79 Å². The molecule has 0 aliphatic rings. The molecule has 0 spiro atoms. The van der Waals surface area contributed by atoms with Gasteiger partial charge in [0.2, 0.25) is 5.91 Å². The highest BCUT2D eigenvalue weighted by Crippen LogP contribution is 2.24. The zero-order valence-corrected chi connectivity index (χ0v) is 16.6. The van der Waals surface area contributed by atoms with Gasteiger partial charge in [-0.25, -0.2) is 9.67 Å². The molecule has 4 aromatic rings. The summed E-state index contributed by atoms with van der Waals surface area (Å²) in [5.41, 5.74) is 3.65. The second-order valence-electron chi connectivity index (χ2n) is 6.43. The number of nitrogens with zero attached hydrogens (tertiary/aromatic N) is 4. The van der Waals surface area contributed by atoms with Crippen LogP contribution in [0, 0.1) is 0 Å². The molecule has 29 heavy (non-hydrogen) atoms. The topological polar surface area (TPSA) is 72.7 Å². The van der Waals surface area contributed by atoms with Gasteiger partial charge in [-0.05, 0) is 37.3 Å². The Kier molecular flexibility index (Phi) is 5.58. The molecule has 1 atom stereocenters. The largest absolute Gasteiger partial charge is 0.344 e. The first-order valence-electron chi connectivity index (χ1n) is 9.13. The summed E-state index contributed by atoms with van der Waals surface area (Å²) in [6.07, 6.45) is 10.4. The molecule has 144 valence electrons. The Balaban J connectivity index is 1.37. The minimum atomic E-state index is -0.186. The third kappa shape index (κ3) is 4.64. The second kappa shape index (κ2) is 8.62. The van der Waals surface area contributed by atoms with E-state index < -0.39 is 0 Å². The maximum Gasteiger partial charge on any atom is 0.244 e. The first-order valence-corrected chi connectivity index (χ1v) is 10.0. The SMILES string of the molecule is CC(NC(=O)C=Cc1cnn(-c2ccccc2)c1)c1nc(-c2cccnc2)cs1. The smallest absolute Gasteiger partial charge is 0.244 e. The Morgan fingerprint density at radius 1 is 1.17 bits per heavy atom. The average molecular weight is 401 g/mol. The lowest BCUT2D eigenvalue weighted by Gasteiger charge is -2.08. The van der Waals surface area contributed by atoms with Crippen molar-refractivity contribution >= 4 is 23.3 Å². The van der Waals surface area contributed by atoms with E-state index in [1.54, 1.807) is 29.3 Å². The summed E-state index contributed by atoms with van der Waals surface area (Å²) in [6.45, 7) is 1.92. The van der Waals surface area contributed by atoms with Crippen molar-refractivity contribution in [2.45, 2.75) is 13.0 Å². The van der Waals surface area contributed by atoms with Crippen molar-refractivity contribution in [2.24, 2.45) is 0 Å². The minimum Gasteiger partial charge on any atom is -0.344 e. The Hall–Kier alpha value is -3.58. The van der Waals surface area contributed by atoms with Crippen LogP contribution in [0.2, 0.25) is 0 Å². The van der Waals surface area contributed by atoms with Crippen molar-refractivity contribution in [2.75, 3.05) is 0 Å². The maximum absolute atomic E-state index is 12.3. The van der Waals surface area contributed by atoms with Crippen molar-refractivity contribution in [3.05, 3.63) is 89.3 Å². The minimum absolute atomic E-state index is 0.178. The second-order valence-corrected chi connectivity index (χ2v) is 7.32. The van der Waals surface area contributed by atoms with Gasteiger partial charge in [-0.3, -0.25) is 9.78 Å². The van der Waals surface area contributed by atoms with Crippen LogP contribution in [0.3, 0.4) is 0 Å². The molecule has 1 aromatic carbocycles. The van der Waals surface area contributed by atoms with Gasteiger partial charge < -0.3 is 5.32 Å². The van der Waals surface area contributed by atoms with Gasteiger partial charge in [0.1, 0.15) is 5.01 Å². The van der Waals surface area contributed by atoms with Crippen LogP contribution >= 0.6 is 11.3 Å². The van der Waals surface area contributed by atoms with E-state index in [4.69, 9.17) is 0 Å². The fraction of sp³-hybridized carbons (Fsp3) is 0.0909. The molecule has 0 aliphatic heterocycles. The molecule has 1 amide bonds. The van der Waals surface area contributed by atoms with Crippen LogP contribution in [-0.4, -0.2) is 25.7 Å². The molecule has 6 nitrogen and oxygen atoms in total. The lowest BCUT2D eigenvalue weighted by atomic mass is 10.2. The average Bonchev–Trinajstić information content (AvgIpc) is 3.44. The number of aromatic nitrogens is 4. The number of carbonyl (C=O) groups excluding carboxylic acids is 1. The lowest BCUT2D eigenvalue weighted by molar-refractivity contribution is -0.117. The van der Waals surface area contributed by atoms with Crippen LogP contribution in [0.4, 0.5) is 0 Å². The number of hydrogen-bond donors (Lipinski definition) is 1. The van der Waals surface area contributed by atoms with Crippen molar-refractivity contribution in [3.63, 3.8) is 0 Å². The molecule has 0 saturated heterocycles. The maximum atomic E-state index is 12.3. The monoisotopic (exact) mass is 401 g/mol. The number of hydrogen-bond acceptors (Lipinski definition) is 5. The molecule has 3 aromatic heterocycles. The molecule has 4 rings (SSSR count). The predicted octanol–water partition coefficient (Wildman–Crippen LogP) is 4.28. The number of para-hydroxylation sites is 1. The number of rotatable bonds is 6. The third-order valence-corrected chi connectivity index (χ3v) is 5.29. The zero-order valence-electron chi connectivity index (χ0n) is 15.8. The lowest BCUT2D eigenvalue weighted by Crippen LogP contribution is -2.24. The van der Waals surface area contributed by atoms with Crippen molar-refractivity contribution in [1.29, 1.82) is 0 Å². The first kappa shape index (κ1) is 18.8. The first-order chi connectivity index (χ1) is 14.2. The number of amides is 1. The highest BCUT2D eigenvalue weighted by atomic mass is 32.1. The van der Waals surface area contributed by atoms with Crippen LogP contribution in [-0.2, 0) is 4.79 Å². The summed E-state index contributed by atoms with van der Waals surface area (Å²) in [6, 6.07) is 13.5. The van der Waals surface area contributed by atoms with E-state index in [-0.39, 0.29) is 11.9 Å². The van der Waals surface area contributed by atoms with Crippen molar-refractivity contribution in [1.82, 2.24) is 25.1 Å². The summed E-state index contributed by atoms with van der Waals surface area (Å²) >= 11 is 1.52. The molecule has 0 aliphatic carbocycles. The van der Waals surface area contributed by atoms with Crippen molar-refractivity contribution < 1.29 is 4.79 Å². The highest BCUT2D eigenvalue weighted by molar-refractivity contribution is 7.10. The molecule has 3 heterocycles. The Morgan fingerprint density at radius 2 is 2.03 bits per heavy atom. The molecule has 7 heteroatoms. The number of thiazole rings is 1. The van der Waals surface area contributed by atoms with E-state index >= 15 is 0 Å². The summed E-state index contributed by atoms with van der Waals surface area (Å²) < 4.78 is 1.77. The van der Waals surface area contributed by atoms with Crippen LogP contribution in [0.1, 0.15) is 23.5 Å². The van der Waals surface area contributed by atoms with Crippen LogP contribution in [0.25, 0.3) is 23.0 Å². The number of carbonyl (C=O) groups is 1. The van der Waals surface area contributed by atoms with Crippen molar-refractivity contribution in [3.8, 4) is 16.9 Å². The van der Waals surface area contributed by atoms with Gasteiger partial charge in [0.05, 0.1) is 23.6 Å². The molecule has 1 unspecified atom stereocenters. The van der Waals surface area contributed by atoms with Gasteiger partial charge >= 0.3 is 0 Å². The summed E-state index contributed by atoms with van der Waals surface area (Å²) in [5, 5.41) is 10.1. The van der Waals surface area contributed by atoms with Gasteiger partial charge in [0.25, 0.3) is 0 Å². The third-order valence-electron chi connectivity index (χ3n) is 4.26. The molecule has 0 fully saturated rings. The van der Waals surface area contributed by atoms with Gasteiger partial charge in [-0.15, -0.1) is 11.3 Å². The zero-order chi connectivity index (χ0) is 20.1. The number of pyridine rings is 1. The standard InChI is InChI=1S/C22H19N5OS/c1-16(22-26-20(15-29-22)18-6-5-11-23-13-18)25-21(28)10-9-17-12-24-27(14-17)19-7-3-2-4-8-19/h2-16H,1H3,(H,25,28). The quantitative estimate of drug-likeness (QED) is 0.490. The van der Waals surface area contributed by atoms with Gasteiger partial charge in [-0.1, -0.05) is 18.2 Å². The fourth-order valence-electron chi connectivity index (χ4n) is 2.77. The predicted molar refractivity (Wildman–Crippen MR) is 115 cm³/mol. The normalized spacial score (nSPS) is 12.2. The molecular formula is C22H19N5OS. The fourth-order valence-corrected chi connectivity index (χ4v) is 3.61. The van der Waals surface area contributed by atoms with Gasteiger partial charge in [0.15, 0.2) is 0 Å². The number of nitrogens with one attached hydrogen (secondary N) is 1.